The van der Waals surface area contributed by atoms with Gasteiger partial charge in [0.2, 0.25) is 5.91 Å². The van der Waals surface area contributed by atoms with Gasteiger partial charge >= 0.3 is 11.9 Å². The van der Waals surface area contributed by atoms with Gasteiger partial charge in [0.05, 0.1) is 29.5 Å². The summed E-state index contributed by atoms with van der Waals surface area (Å²) in [5, 5.41) is 2.75. The van der Waals surface area contributed by atoms with Crippen molar-refractivity contribution in [3.63, 3.8) is 0 Å². The minimum absolute atomic E-state index is 0.0295. The number of hydrogen-bond acceptors (Lipinski definition) is 10. The second-order valence-corrected chi connectivity index (χ2v) is 13.7. The number of hydrogen-bond donors (Lipinski definition) is 1. The molecule has 0 saturated heterocycles. The zero-order chi connectivity index (χ0) is 29.9. The Hall–Kier alpha value is -3.43. The van der Waals surface area contributed by atoms with E-state index in [9.17, 15) is 32.0 Å². The van der Waals surface area contributed by atoms with E-state index in [0.717, 1.165) is 34.6 Å². The van der Waals surface area contributed by atoms with Gasteiger partial charge in [-0.15, -0.1) is 11.3 Å². The summed E-state index contributed by atoms with van der Waals surface area (Å²) < 4.78 is 50.8. The summed E-state index contributed by atoms with van der Waals surface area (Å²) in [6.07, 6.45) is 2.25. The number of esters is 2. The molecule has 1 aliphatic rings. The van der Waals surface area contributed by atoms with Crippen LogP contribution in [-0.2, 0) is 53.1 Å². The van der Waals surface area contributed by atoms with Crippen molar-refractivity contribution in [1.82, 2.24) is 4.57 Å². The average Bonchev–Trinajstić information content (AvgIpc) is 3.39. The Labute approximate surface area is 242 Å². The smallest absolute Gasteiger partial charge is 0.341 e. The van der Waals surface area contributed by atoms with Crippen molar-refractivity contribution in [3.05, 3.63) is 44.8 Å². The average molecular weight is 626 g/mol. The number of rotatable bonds is 9. The highest BCUT2D eigenvalue weighted by molar-refractivity contribution is 7.92. The molecule has 0 radical (unpaired) electrons. The number of fused-ring (bicyclic) bond motifs is 2. The summed E-state index contributed by atoms with van der Waals surface area (Å²) in [6, 6.07) is 3.78. The zero-order valence-electron chi connectivity index (χ0n) is 22.5. The molecule has 0 bridgehead atoms. The molecule has 1 aliphatic carbocycles. The molecule has 1 unspecified atom stereocenters. The first-order valence-electron chi connectivity index (χ1n) is 12.7. The van der Waals surface area contributed by atoms with E-state index >= 15 is 0 Å². The number of thiazole rings is 1. The fourth-order valence-corrected chi connectivity index (χ4v) is 7.98. The third-order valence-electron chi connectivity index (χ3n) is 6.32. The first-order chi connectivity index (χ1) is 19.4. The number of benzene rings is 1. The van der Waals surface area contributed by atoms with E-state index in [1.807, 2.05) is 0 Å². The van der Waals surface area contributed by atoms with Gasteiger partial charge in [0, 0.05) is 4.88 Å². The minimum Gasteiger partial charge on any atom is -0.468 e. The van der Waals surface area contributed by atoms with Crippen LogP contribution in [0, 0.1) is 11.7 Å². The lowest BCUT2D eigenvalue weighted by Gasteiger charge is -2.18. The predicted molar refractivity (Wildman–Crippen MR) is 151 cm³/mol. The quantitative estimate of drug-likeness (QED) is 0.357. The first-order valence-corrected chi connectivity index (χ1v) is 16.1. The largest absolute Gasteiger partial charge is 0.468 e. The molecule has 0 aliphatic heterocycles. The topological polar surface area (TPSA) is 150 Å². The second kappa shape index (κ2) is 12.6. The van der Waals surface area contributed by atoms with Crippen LogP contribution in [0.2, 0.25) is 0 Å². The first kappa shape index (κ1) is 30.5. The van der Waals surface area contributed by atoms with Gasteiger partial charge in [-0.25, -0.2) is 17.6 Å². The Balaban J connectivity index is 1.53. The molecular weight excluding hydrogens is 597 g/mol. The number of carbonyl (C=O) groups is 4. The van der Waals surface area contributed by atoms with E-state index in [1.54, 1.807) is 6.92 Å². The van der Waals surface area contributed by atoms with E-state index in [1.165, 1.54) is 41.2 Å². The maximum absolute atomic E-state index is 13.7. The van der Waals surface area contributed by atoms with Crippen LogP contribution < -0.4 is 10.1 Å². The molecule has 1 N–H and O–H groups in total. The van der Waals surface area contributed by atoms with Crippen molar-refractivity contribution in [3.8, 4) is 0 Å². The molecule has 3 aromatic rings. The number of amides is 2. The Morgan fingerprint density at radius 1 is 1.20 bits per heavy atom. The highest BCUT2D eigenvalue weighted by Crippen LogP contribution is 2.40. The van der Waals surface area contributed by atoms with E-state index in [-0.39, 0.29) is 28.5 Å². The number of thiophene rings is 1. The van der Waals surface area contributed by atoms with Crippen LogP contribution in [0.5, 0.6) is 0 Å². The normalized spacial score (nSPS) is 15.4. The fourth-order valence-electron chi connectivity index (χ4n) is 4.48. The molecule has 2 amide bonds. The highest BCUT2D eigenvalue weighted by Gasteiger charge is 2.30. The lowest BCUT2D eigenvalue weighted by Crippen LogP contribution is -2.29. The Morgan fingerprint density at radius 3 is 2.66 bits per heavy atom. The molecule has 0 saturated carbocycles. The number of aromatic nitrogens is 1. The van der Waals surface area contributed by atoms with Crippen LogP contribution in [0.15, 0.2) is 23.2 Å². The van der Waals surface area contributed by atoms with Gasteiger partial charge in [0.15, 0.2) is 14.6 Å². The van der Waals surface area contributed by atoms with Gasteiger partial charge in [-0.05, 0) is 55.9 Å². The molecular formula is C26H28FN3O8S3. The molecule has 1 atom stereocenters. The molecule has 1 aromatic carbocycles. The zero-order valence-corrected chi connectivity index (χ0v) is 25.0. The monoisotopic (exact) mass is 625 g/mol. The standard InChI is InChI=1S/C26H28FN3O8S3/c1-4-38-25(34)23-16-7-5-14(2)9-18(16)39-24(23)28-20(31)12-41(35,36)13-21(32)29-26-30(11-22(33)37-3)17-8-6-15(27)10-19(17)40-26/h6,8,10,14H,4-5,7,9,11-13H2,1-3H3,(H,28,31). The molecule has 0 fully saturated rings. The predicted octanol–water partition coefficient (Wildman–Crippen LogP) is 2.86. The lowest BCUT2D eigenvalue weighted by molar-refractivity contribution is -0.141. The number of methoxy groups -OCH3 is 1. The van der Waals surface area contributed by atoms with Crippen LogP contribution in [0.3, 0.4) is 0 Å². The summed E-state index contributed by atoms with van der Waals surface area (Å²) in [5.74, 6) is -5.46. The third kappa shape index (κ3) is 7.26. The van der Waals surface area contributed by atoms with Gasteiger partial charge in [-0.1, -0.05) is 18.3 Å². The third-order valence-corrected chi connectivity index (χ3v) is 9.92. The van der Waals surface area contributed by atoms with Gasteiger partial charge in [0.25, 0.3) is 5.91 Å². The summed E-state index contributed by atoms with van der Waals surface area (Å²) in [5.41, 5.74) is 1.45. The van der Waals surface area contributed by atoms with Gasteiger partial charge < -0.3 is 19.4 Å². The van der Waals surface area contributed by atoms with Crippen molar-refractivity contribution in [2.45, 2.75) is 39.7 Å². The molecule has 11 nitrogen and oxygen atoms in total. The molecule has 41 heavy (non-hydrogen) atoms. The van der Waals surface area contributed by atoms with E-state index in [2.05, 4.69) is 22.0 Å². The van der Waals surface area contributed by atoms with Crippen molar-refractivity contribution in [2.24, 2.45) is 10.9 Å². The summed E-state index contributed by atoms with van der Waals surface area (Å²) in [7, 11) is -3.10. The molecule has 2 heterocycles. The van der Waals surface area contributed by atoms with Crippen LogP contribution in [0.25, 0.3) is 10.2 Å². The number of sulfone groups is 1. The van der Waals surface area contributed by atoms with E-state index in [4.69, 9.17) is 4.74 Å². The van der Waals surface area contributed by atoms with Crippen molar-refractivity contribution < 1.29 is 41.5 Å². The number of carbonyl (C=O) groups excluding carboxylic acids is 4. The van der Waals surface area contributed by atoms with Gasteiger partial charge in [-0.3, -0.25) is 14.4 Å². The Bertz CT molecular complexity index is 1700. The summed E-state index contributed by atoms with van der Waals surface area (Å²) in [6.45, 7) is 3.56. The molecule has 4 rings (SSSR count). The lowest BCUT2D eigenvalue weighted by atomic mass is 9.88. The summed E-state index contributed by atoms with van der Waals surface area (Å²) in [4.78, 5) is 54.8. The van der Waals surface area contributed by atoms with Crippen molar-refractivity contribution >= 4 is 71.5 Å². The number of nitrogens with one attached hydrogen (secondary N) is 1. The fraction of sp³-hybridized carbons (Fsp3) is 0.423. The number of anilines is 1. The number of halogens is 1. The van der Waals surface area contributed by atoms with Gasteiger partial charge in [-0.2, -0.15) is 4.99 Å². The Kier molecular flexibility index (Phi) is 9.39. The number of nitrogens with zero attached hydrogens (tertiary/aromatic N) is 2. The molecule has 15 heteroatoms. The van der Waals surface area contributed by atoms with Crippen LogP contribution in [-0.4, -0.2) is 62.0 Å². The van der Waals surface area contributed by atoms with Gasteiger partial charge in [0.1, 0.15) is 28.9 Å². The molecule has 2 aromatic heterocycles. The van der Waals surface area contributed by atoms with Crippen molar-refractivity contribution in [1.29, 1.82) is 0 Å². The van der Waals surface area contributed by atoms with E-state index in [0.29, 0.717) is 22.6 Å². The van der Waals surface area contributed by atoms with Crippen LogP contribution in [0.4, 0.5) is 9.39 Å². The minimum atomic E-state index is -4.27. The van der Waals surface area contributed by atoms with Crippen molar-refractivity contribution in [2.75, 3.05) is 30.5 Å². The SMILES string of the molecule is CCOC(=O)c1c(NC(=O)CS(=O)(=O)CC(=O)N=c2sc3cc(F)ccc3n2CC(=O)OC)sc2c1CCC(C)C2. The van der Waals surface area contributed by atoms with E-state index < -0.39 is 50.9 Å². The van der Waals surface area contributed by atoms with Crippen LogP contribution >= 0.6 is 22.7 Å². The molecule has 220 valence electrons. The summed E-state index contributed by atoms with van der Waals surface area (Å²) >= 11 is 2.12. The maximum Gasteiger partial charge on any atom is 0.341 e. The van der Waals surface area contributed by atoms with Crippen LogP contribution in [0.1, 0.15) is 41.1 Å². The Morgan fingerprint density at radius 2 is 1.95 bits per heavy atom. The highest BCUT2D eigenvalue weighted by atomic mass is 32.2. The second-order valence-electron chi connectivity index (χ2n) is 9.52. The number of ether oxygens (including phenoxy) is 2. The maximum atomic E-state index is 13.7. The molecule has 0 spiro atoms.